The van der Waals surface area contributed by atoms with Gasteiger partial charge in [0.05, 0.1) is 6.61 Å². The molecule has 2 nitrogen and oxygen atoms in total. The van der Waals surface area contributed by atoms with Crippen LogP contribution in [0.4, 0.5) is 0 Å². The maximum atomic E-state index is 8.98. The second kappa shape index (κ2) is 8.62. The smallest absolute Gasteiger partial charge is 0.0558 e. The Labute approximate surface area is 103 Å². The predicted molar refractivity (Wildman–Crippen MR) is 72.1 cm³/mol. The van der Waals surface area contributed by atoms with Crippen LogP contribution in [0.15, 0.2) is 30.3 Å². The highest BCUT2D eigenvalue weighted by atomic mass is 32.2. The number of thioether (sulfide) groups is 1. The standard InChI is InChI=1S/C13H21NOS/c1-16-12-10-14(9-11-15)8-7-13-5-3-2-4-6-13/h2-6,15H,7-12H2,1H3. The second-order valence-electron chi connectivity index (χ2n) is 3.79. The van der Waals surface area contributed by atoms with Crippen LogP contribution in [0.5, 0.6) is 0 Å². The summed E-state index contributed by atoms with van der Waals surface area (Å²) < 4.78 is 0. The molecule has 0 aromatic heterocycles. The zero-order chi connectivity index (χ0) is 11.6. The number of nitrogens with zero attached hydrogens (tertiary/aromatic N) is 1. The van der Waals surface area contributed by atoms with Crippen molar-refractivity contribution in [1.82, 2.24) is 4.90 Å². The van der Waals surface area contributed by atoms with E-state index in [0.29, 0.717) is 0 Å². The Morgan fingerprint density at radius 3 is 2.50 bits per heavy atom. The molecule has 0 atom stereocenters. The largest absolute Gasteiger partial charge is 0.395 e. The zero-order valence-electron chi connectivity index (χ0n) is 9.93. The van der Waals surface area contributed by atoms with Crippen LogP contribution in [0, 0.1) is 0 Å². The first-order chi connectivity index (χ1) is 7.86. The van der Waals surface area contributed by atoms with Gasteiger partial charge in [0.25, 0.3) is 0 Å². The van der Waals surface area contributed by atoms with Crippen molar-refractivity contribution in [1.29, 1.82) is 0 Å². The number of rotatable bonds is 8. The average Bonchev–Trinajstić information content (AvgIpc) is 2.34. The molecule has 1 aromatic carbocycles. The topological polar surface area (TPSA) is 23.5 Å². The normalized spacial score (nSPS) is 10.9. The van der Waals surface area contributed by atoms with Gasteiger partial charge in [-0.1, -0.05) is 30.3 Å². The molecule has 0 aliphatic heterocycles. The lowest BCUT2D eigenvalue weighted by molar-refractivity contribution is 0.204. The molecule has 0 heterocycles. The van der Waals surface area contributed by atoms with Gasteiger partial charge in [-0.3, -0.25) is 4.90 Å². The molecule has 0 unspecified atom stereocenters. The maximum Gasteiger partial charge on any atom is 0.0558 e. The van der Waals surface area contributed by atoms with E-state index in [1.165, 1.54) is 5.56 Å². The van der Waals surface area contributed by atoms with Crippen LogP contribution in [0.3, 0.4) is 0 Å². The van der Waals surface area contributed by atoms with Gasteiger partial charge in [-0.2, -0.15) is 11.8 Å². The fourth-order valence-electron chi connectivity index (χ4n) is 1.63. The van der Waals surface area contributed by atoms with Crippen molar-refractivity contribution in [3.63, 3.8) is 0 Å². The van der Waals surface area contributed by atoms with Crippen molar-refractivity contribution in [2.45, 2.75) is 6.42 Å². The summed E-state index contributed by atoms with van der Waals surface area (Å²) in [4.78, 5) is 2.32. The number of aliphatic hydroxyl groups is 1. The third kappa shape index (κ3) is 5.54. The van der Waals surface area contributed by atoms with E-state index in [0.717, 1.165) is 31.8 Å². The van der Waals surface area contributed by atoms with Crippen molar-refractivity contribution in [3.8, 4) is 0 Å². The van der Waals surface area contributed by atoms with Gasteiger partial charge in [-0.25, -0.2) is 0 Å². The highest BCUT2D eigenvalue weighted by molar-refractivity contribution is 7.98. The molecule has 0 amide bonds. The van der Waals surface area contributed by atoms with E-state index < -0.39 is 0 Å². The van der Waals surface area contributed by atoms with Crippen molar-refractivity contribution < 1.29 is 5.11 Å². The summed E-state index contributed by atoms with van der Waals surface area (Å²) in [6.45, 7) is 3.14. The summed E-state index contributed by atoms with van der Waals surface area (Å²) in [6, 6.07) is 10.5. The summed E-state index contributed by atoms with van der Waals surface area (Å²) >= 11 is 1.85. The van der Waals surface area contributed by atoms with Crippen LogP contribution in [0.1, 0.15) is 5.56 Å². The molecule has 1 aromatic rings. The summed E-state index contributed by atoms with van der Waals surface area (Å²) in [5.41, 5.74) is 1.37. The van der Waals surface area contributed by atoms with Crippen LogP contribution >= 0.6 is 11.8 Å². The maximum absolute atomic E-state index is 8.98. The first-order valence-electron chi connectivity index (χ1n) is 5.73. The van der Waals surface area contributed by atoms with Gasteiger partial charge >= 0.3 is 0 Å². The molecule has 0 bridgehead atoms. The number of hydrogen-bond acceptors (Lipinski definition) is 3. The van der Waals surface area contributed by atoms with Crippen molar-refractivity contribution in [3.05, 3.63) is 35.9 Å². The second-order valence-corrected chi connectivity index (χ2v) is 4.78. The van der Waals surface area contributed by atoms with Crippen LogP contribution in [-0.4, -0.2) is 48.3 Å². The predicted octanol–water partition coefficient (Wildman–Crippen LogP) is 1.89. The molecule has 0 aliphatic rings. The Bertz CT molecular complexity index is 266. The van der Waals surface area contributed by atoms with Gasteiger partial charge in [0.2, 0.25) is 0 Å². The Morgan fingerprint density at radius 2 is 1.88 bits per heavy atom. The van der Waals surface area contributed by atoms with Crippen LogP contribution < -0.4 is 0 Å². The Balaban J connectivity index is 2.31. The minimum absolute atomic E-state index is 0.253. The summed E-state index contributed by atoms with van der Waals surface area (Å²) in [6.07, 6.45) is 3.18. The van der Waals surface area contributed by atoms with Crippen molar-refractivity contribution in [2.75, 3.05) is 38.2 Å². The van der Waals surface area contributed by atoms with Crippen LogP contribution in [0.25, 0.3) is 0 Å². The SMILES string of the molecule is CSCCN(CCO)CCc1ccccc1. The molecule has 16 heavy (non-hydrogen) atoms. The van der Waals surface area contributed by atoms with E-state index in [2.05, 4.69) is 35.4 Å². The fourth-order valence-corrected chi connectivity index (χ4v) is 2.07. The van der Waals surface area contributed by atoms with E-state index in [-0.39, 0.29) is 6.61 Å². The van der Waals surface area contributed by atoms with E-state index >= 15 is 0 Å². The Morgan fingerprint density at radius 1 is 1.12 bits per heavy atom. The molecular weight excluding hydrogens is 218 g/mol. The van der Waals surface area contributed by atoms with Gasteiger partial charge in [-0.05, 0) is 18.2 Å². The van der Waals surface area contributed by atoms with E-state index in [1.54, 1.807) is 0 Å². The van der Waals surface area contributed by atoms with Crippen LogP contribution in [0.2, 0.25) is 0 Å². The molecular formula is C13H21NOS. The molecule has 0 saturated heterocycles. The molecule has 0 radical (unpaired) electrons. The highest BCUT2D eigenvalue weighted by Gasteiger charge is 2.03. The number of aliphatic hydroxyl groups excluding tert-OH is 1. The van der Waals surface area contributed by atoms with E-state index in [4.69, 9.17) is 5.11 Å². The minimum Gasteiger partial charge on any atom is -0.395 e. The van der Waals surface area contributed by atoms with Crippen molar-refractivity contribution in [2.24, 2.45) is 0 Å². The first kappa shape index (κ1) is 13.6. The van der Waals surface area contributed by atoms with Gasteiger partial charge in [-0.15, -0.1) is 0 Å². The lowest BCUT2D eigenvalue weighted by Gasteiger charge is -2.20. The average molecular weight is 239 g/mol. The summed E-state index contributed by atoms with van der Waals surface area (Å²) in [5, 5.41) is 8.98. The van der Waals surface area contributed by atoms with E-state index in [1.807, 2.05) is 17.8 Å². The molecule has 0 aliphatic carbocycles. The highest BCUT2D eigenvalue weighted by Crippen LogP contribution is 2.02. The molecule has 0 saturated carbocycles. The molecule has 0 spiro atoms. The Hall–Kier alpha value is -0.510. The molecule has 1 N–H and O–H groups in total. The van der Waals surface area contributed by atoms with Gasteiger partial charge in [0, 0.05) is 25.4 Å². The number of benzene rings is 1. The van der Waals surface area contributed by atoms with Gasteiger partial charge in [0.1, 0.15) is 0 Å². The lowest BCUT2D eigenvalue weighted by atomic mass is 10.1. The van der Waals surface area contributed by atoms with Gasteiger partial charge in [0.15, 0.2) is 0 Å². The summed E-state index contributed by atoms with van der Waals surface area (Å²) in [7, 11) is 0. The third-order valence-electron chi connectivity index (χ3n) is 2.59. The third-order valence-corrected chi connectivity index (χ3v) is 3.18. The first-order valence-corrected chi connectivity index (χ1v) is 7.12. The fraction of sp³-hybridized carbons (Fsp3) is 0.538. The Kier molecular flexibility index (Phi) is 7.30. The zero-order valence-corrected chi connectivity index (χ0v) is 10.7. The molecule has 0 fully saturated rings. The summed E-state index contributed by atoms with van der Waals surface area (Å²) in [5.74, 6) is 1.13. The quantitative estimate of drug-likeness (QED) is 0.749. The molecule has 3 heteroatoms. The molecule has 90 valence electrons. The number of hydrogen-bond donors (Lipinski definition) is 1. The monoisotopic (exact) mass is 239 g/mol. The van der Waals surface area contributed by atoms with Gasteiger partial charge < -0.3 is 5.11 Å². The van der Waals surface area contributed by atoms with Crippen LogP contribution in [-0.2, 0) is 6.42 Å². The lowest BCUT2D eigenvalue weighted by Crippen LogP contribution is -2.31. The minimum atomic E-state index is 0.253. The van der Waals surface area contributed by atoms with E-state index in [9.17, 15) is 0 Å². The van der Waals surface area contributed by atoms with Crippen molar-refractivity contribution >= 4 is 11.8 Å². The molecule has 1 rings (SSSR count).